The van der Waals surface area contributed by atoms with Crippen LogP contribution in [0.25, 0.3) is 0 Å². The fourth-order valence-corrected chi connectivity index (χ4v) is 2.81. The number of Topliss-reactive ketones (excluding diaryl/α,β-unsaturated/α-hetero) is 1. The molecule has 106 valence electrons. The molecule has 0 fully saturated rings. The van der Waals surface area contributed by atoms with E-state index in [2.05, 4.69) is 5.10 Å². The average molecular weight is 293 g/mol. The number of aryl methyl sites for hydroxylation is 2. The molecular weight excluding hydrogens is 278 g/mol. The number of ketones is 1. The van der Waals surface area contributed by atoms with Gasteiger partial charge in [0.1, 0.15) is 11.4 Å². The first-order valence-corrected chi connectivity index (χ1v) is 7.13. The van der Waals surface area contributed by atoms with Crippen LogP contribution in [-0.4, -0.2) is 20.5 Å². The maximum Gasteiger partial charge on any atom is 0.312 e. The van der Waals surface area contributed by atoms with Crippen LogP contribution in [0.4, 0.5) is 5.69 Å². The molecule has 0 amide bonds. The second-order valence-electron chi connectivity index (χ2n) is 4.50. The molecule has 2 heterocycles. The fourth-order valence-electron chi connectivity index (χ4n) is 2.12. The highest BCUT2D eigenvalue weighted by Crippen LogP contribution is 2.22. The van der Waals surface area contributed by atoms with Gasteiger partial charge in [-0.3, -0.25) is 19.6 Å². The molecule has 6 nitrogen and oxygen atoms in total. The van der Waals surface area contributed by atoms with Crippen LogP contribution in [-0.2, 0) is 6.54 Å². The third-order valence-electron chi connectivity index (χ3n) is 3.10. The smallest absolute Gasteiger partial charge is 0.293 e. The van der Waals surface area contributed by atoms with Gasteiger partial charge in [0.2, 0.25) is 0 Å². The van der Waals surface area contributed by atoms with Crippen LogP contribution in [0.3, 0.4) is 0 Å². The first-order chi connectivity index (χ1) is 9.50. The summed E-state index contributed by atoms with van der Waals surface area (Å²) in [5.74, 6) is 0.107. The average Bonchev–Trinajstić information content (AvgIpc) is 2.98. The van der Waals surface area contributed by atoms with E-state index < -0.39 is 4.92 Å². The Morgan fingerprint density at radius 1 is 1.50 bits per heavy atom. The first-order valence-electron chi connectivity index (χ1n) is 6.26. The summed E-state index contributed by atoms with van der Waals surface area (Å²) in [5, 5.41) is 16.9. The molecule has 20 heavy (non-hydrogen) atoms. The summed E-state index contributed by atoms with van der Waals surface area (Å²) in [6.07, 6.45) is 1.04. The Bertz CT molecular complexity index is 632. The number of hydrogen-bond acceptors (Lipinski definition) is 5. The van der Waals surface area contributed by atoms with Crippen molar-refractivity contribution in [3.63, 3.8) is 0 Å². The van der Waals surface area contributed by atoms with E-state index in [-0.39, 0.29) is 11.5 Å². The summed E-state index contributed by atoms with van der Waals surface area (Å²) < 4.78 is 1.61. The van der Waals surface area contributed by atoms with Gasteiger partial charge in [0.15, 0.2) is 5.78 Å². The minimum Gasteiger partial charge on any atom is -0.293 e. The molecule has 0 atom stereocenters. The molecule has 0 spiro atoms. The molecule has 0 bridgehead atoms. The molecule has 0 saturated carbocycles. The van der Waals surface area contributed by atoms with E-state index >= 15 is 0 Å². The lowest BCUT2D eigenvalue weighted by atomic mass is 10.2. The van der Waals surface area contributed by atoms with Crippen LogP contribution >= 0.6 is 11.3 Å². The standard InChI is InChI=1S/C13H15N3O3S/c1-9-13(16(18)19)10(2)15(14-9)7-3-5-11(17)12-6-4-8-20-12/h4,6,8H,3,5,7H2,1-2H3. The first kappa shape index (κ1) is 14.4. The molecule has 0 radical (unpaired) electrons. The van der Waals surface area contributed by atoms with Gasteiger partial charge in [-0.15, -0.1) is 11.3 Å². The molecule has 0 aliphatic heterocycles. The van der Waals surface area contributed by atoms with Gasteiger partial charge >= 0.3 is 5.69 Å². The second kappa shape index (κ2) is 5.96. The van der Waals surface area contributed by atoms with Gasteiger partial charge in [0.25, 0.3) is 0 Å². The molecule has 0 N–H and O–H groups in total. The Morgan fingerprint density at radius 3 is 2.80 bits per heavy atom. The number of carbonyl (C=O) groups excluding carboxylic acids is 1. The van der Waals surface area contributed by atoms with Gasteiger partial charge < -0.3 is 0 Å². The largest absolute Gasteiger partial charge is 0.312 e. The van der Waals surface area contributed by atoms with Crippen LogP contribution in [0, 0.1) is 24.0 Å². The number of nitrogens with zero attached hydrogens (tertiary/aromatic N) is 3. The zero-order valence-corrected chi connectivity index (χ0v) is 12.1. The molecule has 0 aliphatic rings. The molecule has 0 aromatic carbocycles. The van der Waals surface area contributed by atoms with Gasteiger partial charge in [-0.1, -0.05) is 6.07 Å². The molecule has 7 heteroatoms. The molecule has 2 aromatic heterocycles. The summed E-state index contributed by atoms with van der Waals surface area (Å²) in [7, 11) is 0. The Morgan fingerprint density at radius 2 is 2.25 bits per heavy atom. The van der Waals surface area contributed by atoms with Crippen molar-refractivity contribution in [3.05, 3.63) is 43.9 Å². The minimum absolute atomic E-state index is 0.0644. The highest BCUT2D eigenvalue weighted by molar-refractivity contribution is 7.12. The Labute approximate surface area is 120 Å². The van der Waals surface area contributed by atoms with Crippen molar-refractivity contribution in [1.29, 1.82) is 0 Å². The second-order valence-corrected chi connectivity index (χ2v) is 5.45. The number of hydrogen-bond donors (Lipinski definition) is 0. The minimum atomic E-state index is -0.412. The van der Waals surface area contributed by atoms with E-state index in [0.717, 1.165) is 4.88 Å². The topological polar surface area (TPSA) is 78.0 Å². The van der Waals surface area contributed by atoms with E-state index in [1.165, 1.54) is 11.3 Å². The van der Waals surface area contributed by atoms with Crippen molar-refractivity contribution in [1.82, 2.24) is 9.78 Å². The SMILES string of the molecule is Cc1nn(CCCC(=O)c2cccs2)c(C)c1[N+](=O)[O-]. The van der Waals surface area contributed by atoms with Crippen molar-refractivity contribution in [2.75, 3.05) is 0 Å². The number of nitro groups is 1. The molecule has 0 aliphatic carbocycles. The molecule has 2 rings (SSSR count). The van der Waals surface area contributed by atoms with Crippen molar-refractivity contribution < 1.29 is 9.72 Å². The predicted molar refractivity (Wildman–Crippen MR) is 76.2 cm³/mol. The lowest BCUT2D eigenvalue weighted by Crippen LogP contribution is -2.05. The van der Waals surface area contributed by atoms with Gasteiger partial charge in [0.05, 0.1) is 9.80 Å². The summed E-state index contributed by atoms with van der Waals surface area (Å²) in [5.41, 5.74) is 1.02. The van der Waals surface area contributed by atoms with Crippen LogP contribution in [0.15, 0.2) is 17.5 Å². The van der Waals surface area contributed by atoms with E-state index in [1.807, 2.05) is 11.4 Å². The van der Waals surface area contributed by atoms with Crippen molar-refractivity contribution >= 4 is 22.8 Å². The number of thiophene rings is 1. The number of carbonyl (C=O) groups is 1. The monoisotopic (exact) mass is 293 g/mol. The van der Waals surface area contributed by atoms with Crippen LogP contribution < -0.4 is 0 Å². The van der Waals surface area contributed by atoms with Crippen LogP contribution in [0.1, 0.15) is 33.9 Å². The maximum absolute atomic E-state index is 11.8. The highest BCUT2D eigenvalue weighted by Gasteiger charge is 2.21. The molecule has 2 aromatic rings. The Balaban J connectivity index is 1.97. The zero-order valence-electron chi connectivity index (χ0n) is 11.3. The highest BCUT2D eigenvalue weighted by atomic mass is 32.1. The van der Waals surface area contributed by atoms with E-state index in [1.54, 1.807) is 24.6 Å². The van der Waals surface area contributed by atoms with Crippen molar-refractivity contribution in [2.45, 2.75) is 33.2 Å². The Hall–Kier alpha value is -2.02. The zero-order chi connectivity index (χ0) is 14.7. The van der Waals surface area contributed by atoms with Crippen LogP contribution in [0.2, 0.25) is 0 Å². The van der Waals surface area contributed by atoms with Crippen molar-refractivity contribution in [2.24, 2.45) is 0 Å². The van der Waals surface area contributed by atoms with Crippen LogP contribution in [0.5, 0.6) is 0 Å². The quantitative estimate of drug-likeness (QED) is 0.465. The predicted octanol–water partition coefficient (Wildman–Crippen LogP) is 3.13. The molecular formula is C13H15N3O3S. The van der Waals surface area contributed by atoms with E-state index in [9.17, 15) is 14.9 Å². The lowest BCUT2D eigenvalue weighted by Gasteiger charge is -2.02. The summed E-state index contributed by atoms with van der Waals surface area (Å²) in [6, 6.07) is 3.66. The summed E-state index contributed by atoms with van der Waals surface area (Å²) >= 11 is 1.43. The van der Waals surface area contributed by atoms with Crippen molar-refractivity contribution in [3.8, 4) is 0 Å². The third kappa shape index (κ3) is 2.93. The summed E-state index contributed by atoms with van der Waals surface area (Å²) in [4.78, 5) is 23.1. The van der Waals surface area contributed by atoms with E-state index in [4.69, 9.17) is 0 Å². The normalized spacial score (nSPS) is 10.7. The number of aromatic nitrogens is 2. The fraction of sp³-hybridized carbons (Fsp3) is 0.385. The Kier molecular flexibility index (Phi) is 4.29. The van der Waals surface area contributed by atoms with Gasteiger partial charge in [-0.25, -0.2) is 0 Å². The van der Waals surface area contributed by atoms with Gasteiger partial charge in [-0.05, 0) is 31.7 Å². The number of rotatable bonds is 6. The van der Waals surface area contributed by atoms with Gasteiger partial charge in [-0.2, -0.15) is 5.10 Å². The lowest BCUT2D eigenvalue weighted by molar-refractivity contribution is -0.386. The summed E-state index contributed by atoms with van der Waals surface area (Å²) in [6.45, 7) is 3.81. The maximum atomic E-state index is 11.8. The molecule has 0 saturated heterocycles. The van der Waals surface area contributed by atoms with Gasteiger partial charge in [0, 0.05) is 13.0 Å². The van der Waals surface area contributed by atoms with E-state index in [0.29, 0.717) is 30.8 Å². The molecule has 0 unspecified atom stereocenters. The third-order valence-corrected chi connectivity index (χ3v) is 4.01.